The molecule has 1 fully saturated rings. The monoisotopic (exact) mass is 563 g/mol. The lowest BCUT2D eigenvalue weighted by Gasteiger charge is -2.33. The Morgan fingerprint density at radius 1 is 1.02 bits per heavy atom. The number of carbonyl (C=O) groups excluding carboxylic acids is 3. The van der Waals surface area contributed by atoms with E-state index in [1.54, 1.807) is 59.0 Å². The van der Waals surface area contributed by atoms with E-state index in [9.17, 15) is 19.2 Å². The third-order valence-corrected chi connectivity index (χ3v) is 6.80. The highest BCUT2D eigenvalue weighted by molar-refractivity contribution is 6.02. The van der Waals surface area contributed by atoms with Crippen LogP contribution >= 0.6 is 0 Å². The van der Waals surface area contributed by atoms with E-state index in [-0.39, 0.29) is 23.4 Å². The largest absolute Gasteiger partial charge is 0.444 e. The molecule has 0 spiro atoms. The van der Waals surface area contributed by atoms with Crippen LogP contribution in [-0.4, -0.2) is 64.8 Å². The molecule has 0 unspecified atom stereocenters. The van der Waals surface area contributed by atoms with E-state index in [4.69, 9.17) is 14.5 Å². The summed E-state index contributed by atoms with van der Waals surface area (Å²) in [5, 5.41) is 5.82. The van der Waals surface area contributed by atoms with Gasteiger partial charge in [-0.15, -0.1) is 0 Å². The van der Waals surface area contributed by atoms with E-state index in [2.05, 4.69) is 10.6 Å². The maximum Gasteiger partial charge on any atom is 0.410 e. The van der Waals surface area contributed by atoms with Crippen molar-refractivity contribution in [2.45, 2.75) is 58.6 Å². The molecule has 0 aliphatic carbocycles. The Bertz CT molecular complexity index is 1500. The number of rotatable bonds is 7. The van der Waals surface area contributed by atoms with Gasteiger partial charge in [-0.1, -0.05) is 12.1 Å². The zero-order chi connectivity index (χ0) is 29.7. The lowest BCUT2D eigenvalue weighted by Crippen LogP contribution is -2.42. The second-order valence-electron chi connectivity index (χ2n) is 11.1. The standard InChI is InChI=1S/C30H37N5O6/c1-19(36)21-7-6-8-22(17-21)31-28(38)32-23-9-10-25-24(18-23)27(37)35(15-16-40-5)26(33-25)20-11-13-34(14-12-20)29(39)41-30(2,3)4/h6-10,17-18,20H,11-16H2,1-5H3,(H2,31,32,38). The van der Waals surface area contributed by atoms with E-state index in [0.29, 0.717) is 72.7 Å². The molecule has 2 N–H and O–H groups in total. The molecule has 11 heteroatoms. The molecule has 0 saturated carbocycles. The second-order valence-corrected chi connectivity index (χ2v) is 11.1. The summed E-state index contributed by atoms with van der Waals surface area (Å²) in [5.41, 5.74) is 1.12. The molecule has 1 aromatic heterocycles. The van der Waals surface area contributed by atoms with Gasteiger partial charge in [0.05, 0.1) is 24.1 Å². The predicted octanol–water partition coefficient (Wildman–Crippen LogP) is 5.00. The second kappa shape index (κ2) is 12.5. The number of Topliss-reactive ketones (excluding diaryl/α,β-unsaturated/α-hetero) is 1. The summed E-state index contributed by atoms with van der Waals surface area (Å²) in [7, 11) is 1.57. The number of nitrogens with zero attached hydrogens (tertiary/aromatic N) is 3. The molecular formula is C30H37N5O6. The quantitative estimate of drug-likeness (QED) is 0.387. The summed E-state index contributed by atoms with van der Waals surface area (Å²) in [6.07, 6.45) is 0.957. The van der Waals surface area contributed by atoms with Gasteiger partial charge in [0.25, 0.3) is 5.56 Å². The lowest BCUT2D eigenvalue weighted by atomic mass is 9.95. The zero-order valence-electron chi connectivity index (χ0n) is 24.2. The predicted molar refractivity (Wildman–Crippen MR) is 157 cm³/mol. The van der Waals surface area contributed by atoms with Crippen molar-refractivity contribution in [3.05, 3.63) is 64.2 Å². The highest BCUT2D eigenvalue weighted by atomic mass is 16.6. The summed E-state index contributed by atoms with van der Waals surface area (Å²) in [6.45, 7) is 8.64. The van der Waals surface area contributed by atoms with Gasteiger partial charge in [-0.3, -0.25) is 14.2 Å². The normalized spacial score (nSPS) is 14.1. The number of benzene rings is 2. The minimum Gasteiger partial charge on any atom is -0.444 e. The SMILES string of the molecule is COCCn1c(C2CCN(C(=O)OC(C)(C)C)CC2)nc2ccc(NC(=O)Nc3cccc(C(C)=O)c3)cc2c1=O. The van der Waals surface area contributed by atoms with Crippen molar-refractivity contribution in [1.29, 1.82) is 0 Å². The zero-order valence-corrected chi connectivity index (χ0v) is 24.2. The van der Waals surface area contributed by atoms with Gasteiger partial charge < -0.3 is 25.0 Å². The summed E-state index contributed by atoms with van der Waals surface area (Å²) in [6, 6.07) is 11.1. The van der Waals surface area contributed by atoms with Crippen molar-refractivity contribution in [3.63, 3.8) is 0 Å². The molecule has 1 saturated heterocycles. The van der Waals surface area contributed by atoms with E-state index in [1.165, 1.54) is 6.92 Å². The van der Waals surface area contributed by atoms with E-state index < -0.39 is 11.6 Å². The molecule has 41 heavy (non-hydrogen) atoms. The molecule has 0 bridgehead atoms. The Kier molecular flexibility index (Phi) is 9.07. The molecule has 4 rings (SSSR count). The first kappa shape index (κ1) is 29.7. The topological polar surface area (TPSA) is 132 Å². The van der Waals surface area contributed by atoms with Gasteiger partial charge in [0, 0.05) is 43.1 Å². The van der Waals surface area contributed by atoms with Crippen LogP contribution in [0, 0.1) is 0 Å². The van der Waals surface area contributed by atoms with Crippen molar-refractivity contribution < 1.29 is 23.9 Å². The average molecular weight is 564 g/mol. The van der Waals surface area contributed by atoms with Crippen LogP contribution < -0.4 is 16.2 Å². The van der Waals surface area contributed by atoms with Gasteiger partial charge in [0.2, 0.25) is 0 Å². The Morgan fingerprint density at radius 3 is 2.34 bits per heavy atom. The van der Waals surface area contributed by atoms with Crippen LogP contribution in [0.15, 0.2) is 47.3 Å². The Morgan fingerprint density at radius 2 is 1.71 bits per heavy atom. The molecule has 0 radical (unpaired) electrons. The fraction of sp³-hybridized carbons (Fsp3) is 0.433. The number of hydrogen-bond donors (Lipinski definition) is 2. The van der Waals surface area contributed by atoms with Crippen molar-refractivity contribution in [3.8, 4) is 0 Å². The Balaban J connectivity index is 1.54. The van der Waals surface area contributed by atoms with E-state index in [0.717, 1.165) is 0 Å². The fourth-order valence-electron chi connectivity index (χ4n) is 4.78. The van der Waals surface area contributed by atoms with Crippen molar-refractivity contribution in [2.24, 2.45) is 0 Å². The van der Waals surface area contributed by atoms with Gasteiger partial charge in [-0.05, 0) is 70.9 Å². The number of aromatic nitrogens is 2. The number of hydrogen-bond acceptors (Lipinski definition) is 7. The van der Waals surface area contributed by atoms with Crippen LogP contribution in [0.25, 0.3) is 10.9 Å². The number of likely N-dealkylation sites (tertiary alicyclic amines) is 1. The first-order valence-electron chi connectivity index (χ1n) is 13.7. The van der Waals surface area contributed by atoms with Crippen molar-refractivity contribution >= 4 is 40.2 Å². The number of urea groups is 1. The van der Waals surface area contributed by atoms with Crippen LogP contribution in [0.3, 0.4) is 0 Å². The number of anilines is 2. The number of amides is 3. The van der Waals surface area contributed by atoms with Crippen molar-refractivity contribution in [1.82, 2.24) is 14.5 Å². The third kappa shape index (κ3) is 7.49. The highest BCUT2D eigenvalue weighted by Crippen LogP contribution is 2.29. The Labute approximate surface area is 238 Å². The number of carbonyl (C=O) groups is 3. The summed E-state index contributed by atoms with van der Waals surface area (Å²) >= 11 is 0. The first-order valence-corrected chi connectivity index (χ1v) is 13.7. The number of ketones is 1. The van der Waals surface area contributed by atoms with Crippen LogP contribution in [0.4, 0.5) is 21.0 Å². The molecule has 3 amide bonds. The van der Waals surface area contributed by atoms with Gasteiger partial charge in [0.15, 0.2) is 5.78 Å². The number of fused-ring (bicyclic) bond motifs is 1. The van der Waals surface area contributed by atoms with Crippen LogP contribution in [-0.2, 0) is 16.0 Å². The average Bonchev–Trinajstić information content (AvgIpc) is 2.92. The molecular weight excluding hydrogens is 526 g/mol. The summed E-state index contributed by atoms with van der Waals surface area (Å²) in [4.78, 5) is 57.0. The molecule has 0 atom stereocenters. The van der Waals surface area contributed by atoms with Gasteiger partial charge in [0.1, 0.15) is 11.4 Å². The number of ether oxygens (including phenoxy) is 2. The van der Waals surface area contributed by atoms with Gasteiger partial charge >= 0.3 is 12.1 Å². The molecule has 2 aromatic carbocycles. The molecule has 218 valence electrons. The molecule has 3 aromatic rings. The maximum absolute atomic E-state index is 13.7. The smallest absolute Gasteiger partial charge is 0.410 e. The number of nitrogens with one attached hydrogen (secondary N) is 2. The number of piperidine rings is 1. The van der Waals surface area contributed by atoms with Crippen LogP contribution in [0.2, 0.25) is 0 Å². The summed E-state index contributed by atoms with van der Waals surface area (Å²) in [5.74, 6) is 0.540. The fourth-order valence-corrected chi connectivity index (χ4v) is 4.78. The van der Waals surface area contributed by atoms with Gasteiger partial charge in [-0.25, -0.2) is 14.6 Å². The molecule has 11 nitrogen and oxygen atoms in total. The Hall–Kier alpha value is -4.25. The molecule has 2 heterocycles. The van der Waals surface area contributed by atoms with Gasteiger partial charge in [-0.2, -0.15) is 0 Å². The molecule has 1 aliphatic rings. The minimum absolute atomic E-state index is 0.0167. The first-order chi connectivity index (χ1) is 19.4. The summed E-state index contributed by atoms with van der Waals surface area (Å²) < 4.78 is 12.4. The molecule has 1 aliphatic heterocycles. The van der Waals surface area contributed by atoms with Crippen LogP contribution in [0.1, 0.15) is 62.6 Å². The van der Waals surface area contributed by atoms with E-state index in [1.807, 2.05) is 20.8 Å². The van der Waals surface area contributed by atoms with E-state index >= 15 is 0 Å². The van der Waals surface area contributed by atoms with Crippen LogP contribution in [0.5, 0.6) is 0 Å². The van der Waals surface area contributed by atoms with Crippen molar-refractivity contribution in [2.75, 3.05) is 37.4 Å². The third-order valence-electron chi connectivity index (χ3n) is 6.80. The maximum atomic E-state index is 13.7. The lowest BCUT2D eigenvalue weighted by molar-refractivity contribution is 0.0202. The highest BCUT2D eigenvalue weighted by Gasteiger charge is 2.30. The number of methoxy groups -OCH3 is 1. The minimum atomic E-state index is -0.566.